The highest BCUT2D eigenvalue weighted by molar-refractivity contribution is 7.98. The Morgan fingerprint density at radius 1 is 1.17 bits per heavy atom. The summed E-state index contributed by atoms with van der Waals surface area (Å²) in [5.74, 6) is 1.60. The average Bonchev–Trinajstić information content (AvgIpc) is 2.77. The molecule has 2 heterocycles. The highest BCUT2D eigenvalue weighted by Gasteiger charge is 2.18. The maximum atomic E-state index is 12.7. The molecule has 0 N–H and O–H groups in total. The van der Waals surface area contributed by atoms with Crippen LogP contribution in [-0.2, 0) is 10.5 Å². The van der Waals surface area contributed by atoms with Gasteiger partial charge in [0, 0.05) is 43.6 Å². The molecule has 1 aromatic heterocycles. The van der Waals surface area contributed by atoms with Crippen molar-refractivity contribution < 1.29 is 9.53 Å². The standard InChI is InChI=1S/C22H29ClN4O2S/c1-3-8-26(9-4-2)20-15-19(23)24-22(25-20)30-16-17-6-5-7-18(14-17)21(28)27-10-12-29-13-11-27/h5-7,14-15H,3-4,8-13,16H2,1-2H3. The zero-order chi connectivity index (χ0) is 21.3. The highest BCUT2D eigenvalue weighted by atomic mass is 35.5. The Bertz CT molecular complexity index is 840. The topological polar surface area (TPSA) is 58.6 Å². The second-order valence-electron chi connectivity index (χ2n) is 7.21. The monoisotopic (exact) mass is 448 g/mol. The number of halogens is 1. The Morgan fingerprint density at radius 3 is 2.60 bits per heavy atom. The summed E-state index contributed by atoms with van der Waals surface area (Å²) in [5, 5.41) is 1.11. The number of nitrogens with zero attached hydrogens (tertiary/aromatic N) is 4. The first kappa shape index (κ1) is 22.8. The fourth-order valence-electron chi connectivity index (χ4n) is 3.38. The Balaban J connectivity index is 1.68. The molecule has 162 valence electrons. The van der Waals surface area contributed by atoms with E-state index in [0.29, 0.717) is 47.9 Å². The number of morpholine rings is 1. The van der Waals surface area contributed by atoms with Crippen LogP contribution in [0.15, 0.2) is 35.5 Å². The van der Waals surface area contributed by atoms with Gasteiger partial charge in [0.25, 0.3) is 5.91 Å². The lowest BCUT2D eigenvalue weighted by atomic mass is 10.1. The molecule has 1 aliphatic heterocycles. The van der Waals surface area contributed by atoms with Crippen LogP contribution in [0.1, 0.15) is 42.6 Å². The van der Waals surface area contributed by atoms with E-state index in [4.69, 9.17) is 21.3 Å². The Morgan fingerprint density at radius 2 is 1.90 bits per heavy atom. The van der Waals surface area contributed by atoms with E-state index in [1.54, 1.807) is 0 Å². The highest BCUT2D eigenvalue weighted by Crippen LogP contribution is 2.25. The predicted molar refractivity (Wildman–Crippen MR) is 123 cm³/mol. The van der Waals surface area contributed by atoms with E-state index in [0.717, 1.165) is 37.3 Å². The number of rotatable bonds is 9. The van der Waals surface area contributed by atoms with Gasteiger partial charge in [-0.25, -0.2) is 9.97 Å². The van der Waals surface area contributed by atoms with Crippen LogP contribution in [0.2, 0.25) is 5.15 Å². The second-order valence-corrected chi connectivity index (χ2v) is 8.54. The van der Waals surface area contributed by atoms with E-state index in [-0.39, 0.29) is 5.91 Å². The molecular formula is C22H29ClN4O2S. The van der Waals surface area contributed by atoms with Crippen molar-refractivity contribution in [2.75, 3.05) is 44.3 Å². The van der Waals surface area contributed by atoms with Crippen LogP contribution in [0, 0.1) is 0 Å². The smallest absolute Gasteiger partial charge is 0.254 e. The molecule has 0 atom stereocenters. The summed E-state index contributed by atoms with van der Waals surface area (Å²) >= 11 is 7.81. The Hall–Kier alpha value is -1.83. The molecule has 0 radical (unpaired) electrons. The van der Waals surface area contributed by atoms with Crippen molar-refractivity contribution in [3.8, 4) is 0 Å². The minimum absolute atomic E-state index is 0.0567. The van der Waals surface area contributed by atoms with Crippen LogP contribution in [0.5, 0.6) is 0 Å². The van der Waals surface area contributed by atoms with Crippen LogP contribution in [-0.4, -0.2) is 60.2 Å². The van der Waals surface area contributed by atoms with E-state index in [2.05, 4.69) is 23.7 Å². The van der Waals surface area contributed by atoms with E-state index < -0.39 is 0 Å². The molecule has 3 rings (SSSR count). The summed E-state index contributed by atoms with van der Waals surface area (Å²) in [6.45, 7) is 8.68. The number of thioether (sulfide) groups is 1. The number of ether oxygens (including phenoxy) is 1. The molecule has 1 aliphatic rings. The van der Waals surface area contributed by atoms with Gasteiger partial charge in [0.2, 0.25) is 0 Å². The molecule has 8 heteroatoms. The SMILES string of the molecule is CCCN(CCC)c1cc(Cl)nc(SCc2cccc(C(=O)N3CCOCC3)c2)n1. The fraction of sp³-hybridized carbons (Fsp3) is 0.500. The molecule has 1 fully saturated rings. The largest absolute Gasteiger partial charge is 0.378 e. The number of benzene rings is 1. The molecule has 2 aromatic rings. The van der Waals surface area contributed by atoms with Gasteiger partial charge >= 0.3 is 0 Å². The van der Waals surface area contributed by atoms with Crippen molar-refractivity contribution in [1.29, 1.82) is 0 Å². The third-order valence-electron chi connectivity index (χ3n) is 4.81. The van der Waals surface area contributed by atoms with E-state index in [9.17, 15) is 4.79 Å². The minimum atomic E-state index is 0.0567. The van der Waals surface area contributed by atoms with Crippen LogP contribution in [0.25, 0.3) is 0 Å². The predicted octanol–water partition coefficient (Wildman–Crippen LogP) is 4.52. The van der Waals surface area contributed by atoms with Gasteiger partial charge in [0.1, 0.15) is 11.0 Å². The van der Waals surface area contributed by atoms with Gasteiger partial charge in [-0.15, -0.1) is 0 Å². The first-order valence-electron chi connectivity index (χ1n) is 10.5. The minimum Gasteiger partial charge on any atom is -0.378 e. The van der Waals surface area contributed by atoms with Gasteiger partial charge in [0.05, 0.1) is 13.2 Å². The van der Waals surface area contributed by atoms with Crippen molar-refractivity contribution >= 4 is 35.1 Å². The number of anilines is 1. The second kappa shape index (κ2) is 11.5. The van der Waals surface area contributed by atoms with Crippen LogP contribution >= 0.6 is 23.4 Å². The van der Waals surface area contributed by atoms with E-state index in [1.165, 1.54) is 11.8 Å². The maximum Gasteiger partial charge on any atom is 0.254 e. The molecule has 0 aliphatic carbocycles. The van der Waals surface area contributed by atoms with E-state index in [1.807, 2.05) is 35.2 Å². The molecule has 1 aromatic carbocycles. The lowest BCUT2D eigenvalue weighted by Crippen LogP contribution is -2.40. The van der Waals surface area contributed by atoms with Gasteiger partial charge in [-0.2, -0.15) is 0 Å². The van der Waals surface area contributed by atoms with Crippen LogP contribution < -0.4 is 4.90 Å². The van der Waals surface area contributed by atoms with Gasteiger partial charge in [0.15, 0.2) is 5.16 Å². The van der Waals surface area contributed by atoms with Crippen molar-refractivity contribution in [2.24, 2.45) is 0 Å². The van der Waals surface area contributed by atoms with Gasteiger partial charge in [-0.3, -0.25) is 4.79 Å². The summed E-state index contributed by atoms with van der Waals surface area (Å²) in [6, 6.07) is 9.61. The summed E-state index contributed by atoms with van der Waals surface area (Å²) in [5.41, 5.74) is 1.77. The fourth-order valence-corrected chi connectivity index (χ4v) is 4.41. The summed E-state index contributed by atoms with van der Waals surface area (Å²) in [4.78, 5) is 25.9. The maximum absolute atomic E-state index is 12.7. The molecule has 1 amide bonds. The van der Waals surface area contributed by atoms with Crippen molar-refractivity contribution in [3.05, 3.63) is 46.6 Å². The van der Waals surface area contributed by atoms with E-state index >= 15 is 0 Å². The molecule has 0 spiro atoms. The normalized spacial score (nSPS) is 14.0. The molecule has 1 saturated heterocycles. The number of carbonyl (C=O) groups is 1. The zero-order valence-corrected chi connectivity index (χ0v) is 19.2. The first-order chi connectivity index (χ1) is 14.6. The summed E-state index contributed by atoms with van der Waals surface area (Å²) in [6.07, 6.45) is 2.10. The van der Waals surface area contributed by atoms with Crippen LogP contribution in [0.3, 0.4) is 0 Å². The van der Waals surface area contributed by atoms with Crippen molar-refractivity contribution in [2.45, 2.75) is 37.6 Å². The van der Waals surface area contributed by atoms with Gasteiger partial charge < -0.3 is 14.5 Å². The van der Waals surface area contributed by atoms with Gasteiger partial charge in [-0.05, 0) is 30.5 Å². The number of amides is 1. The number of aromatic nitrogens is 2. The number of hydrogen-bond acceptors (Lipinski definition) is 6. The lowest BCUT2D eigenvalue weighted by molar-refractivity contribution is 0.0303. The molecular weight excluding hydrogens is 420 g/mol. The number of hydrogen-bond donors (Lipinski definition) is 0. The summed E-state index contributed by atoms with van der Waals surface area (Å²) < 4.78 is 5.34. The molecule has 0 saturated carbocycles. The zero-order valence-electron chi connectivity index (χ0n) is 17.6. The molecule has 0 bridgehead atoms. The third kappa shape index (κ3) is 6.33. The molecule has 6 nitrogen and oxygen atoms in total. The van der Waals surface area contributed by atoms with Crippen molar-refractivity contribution in [1.82, 2.24) is 14.9 Å². The Kier molecular flexibility index (Phi) is 8.78. The average molecular weight is 449 g/mol. The molecule has 0 unspecified atom stereocenters. The quantitative estimate of drug-likeness (QED) is 0.319. The van der Waals surface area contributed by atoms with Crippen LogP contribution in [0.4, 0.5) is 5.82 Å². The number of carbonyl (C=O) groups excluding carboxylic acids is 1. The first-order valence-corrected chi connectivity index (χ1v) is 11.8. The van der Waals surface area contributed by atoms with Gasteiger partial charge in [-0.1, -0.05) is 49.3 Å². The summed E-state index contributed by atoms with van der Waals surface area (Å²) in [7, 11) is 0. The lowest BCUT2D eigenvalue weighted by Gasteiger charge is -2.27. The molecule has 30 heavy (non-hydrogen) atoms. The third-order valence-corrected chi connectivity index (χ3v) is 5.92. The Labute approximate surface area is 188 Å². The van der Waals surface area contributed by atoms with Crippen molar-refractivity contribution in [3.63, 3.8) is 0 Å².